The highest BCUT2D eigenvalue weighted by atomic mass is 16.5. The second-order valence-corrected chi connectivity index (χ2v) is 6.11. The molecule has 0 amide bonds. The molecule has 2 heterocycles. The first kappa shape index (κ1) is 14.4. The molecule has 3 aromatic rings. The summed E-state index contributed by atoms with van der Waals surface area (Å²) in [5.41, 5.74) is 1.41. The van der Waals surface area contributed by atoms with Gasteiger partial charge in [0, 0.05) is 23.6 Å². The molecule has 0 radical (unpaired) electrons. The van der Waals surface area contributed by atoms with E-state index in [9.17, 15) is 4.79 Å². The molecular weight excluding hydrogens is 290 g/mol. The molecule has 1 aromatic heterocycles. The monoisotopic (exact) mass is 310 g/mol. The van der Waals surface area contributed by atoms with Crippen LogP contribution in [-0.2, 0) is 11.3 Å². The Bertz CT molecular complexity index is 894. The van der Waals surface area contributed by atoms with Crippen molar-refractivity contribution in [1.29, 1.82) is 0 Å². The predicted octanol–water partition coefficient (Wildman–Crippen LogP) is 2.19. The largest absolute Gasteiger partial charge is 0.423 e. The standard InChI is InChI=1S/C19H19NO3/c21-18-10-14(11-20-12-15-5-3-9-22-15)19-16-6-2-1-4-13(16)7-8-17(19)23-18/h1-2,4,6-8,10,15,20H,3,5,9,11-12H2/p+1/t15-/m1/s1. The quantitative estimate of drug-likeness (QED) is 0.593. The molecule has 0 bridgehead atoms. The zero-order chi connectivity index (χ0) is 15.6. The number of hydrogen-bond acceptors (Lipinski definition) is 3. The number of nitrogens with two attached hydrogens (primary N) is 1. The van der Waals surface area contributed by atoms with Gasteiger partial charge in [0.25, 0.3) is 0 Å². The highest BCUT2D eigenvalue weighted by molar-refractivity contribution is 6.06. The molecule has 0 aliphatic carbocycles. The van der Waals surface area contributed by atoms with Crippen molar-refractivity contribution in [2.45, 2.75) is 25.5 Å². The van der Waals surface area contributed by atoms with Crippen molar-refractivity contribution in [3.8, 4) is 0 Å². The molecule has 1 saturated heterocycles. The summed E-state index contributed by atoms with van der Waals surface area (Å²) >= 11 is 0. The van der Waals surface area contributed by atoms with Gasteiger partial charge in [-0.1, -0.05) is 30.3 Å². The van der Waals surface area contributed by atoms with E-state index in [1.54, 1.807) is 6.07 Å². The number of rotatable bonds is 4. The van der Waals surface area contributed by atoms with Crippen molar-refractivity contribution in [3.05, 3.63) is 58.4 Å². The Balaban J connectivity index is 1.71. The first-order valence-electron chi connectivity index (χ1n) is 8.19. The minimum atomic E-state index is -0.284. The van der Waals surface area contributed by atoms with Crippen LogP contribution in [0.25, 0.3) is 21.7 Å². The van der Waals surface area contributed by atoms with E-state index < -0.39 is 0 Å². The third-order valence-electron chi connectivity index (χ3n) is 4.53. The molecule has 4 nitrogen and oxygen atoms in total. The van der Waals surface area contributed by atoms with Crippen LogP contribution in [0.1, 0.15) is 18.4 Å². The molecule has 2 aromatic carbocycles. The molecule has 1 aliphatic heterocycles. The summed E-state index contributed by atoms with van der Waals surface area (Å²) in [6, 6.07) is 13.7. The summed E-state index contributed by atoms with van der Waals surface area (Å²) in [5, 5.41) is 5.57. The van der Waals surface area contributed by atoms with E-state index in [0.717, 1.165) is 54.3 Å². The van der Waals surface area contributed by atoms with Crippen molar-refractivity contribution in [2.24, 2.45) is 0 Å². The van der Waals surface area contributed by atoms with Crippen molar-refractivity contribution < 1.29 is 14.5 Å². The van der Waals surface area contributed by atoms with Gasteiger partial charge in [0.05, 0.1) is 0 Å². The van der Waals surface area contributed by atoms with E-state index in [1.165, 1.54) is 0 Å². The maximum atomic E-state index is 11.9. The van der Waals surface area contributed by atoms with E-state index in [-0.39, 0.29) is 5.63 Å². The third kappa shape index (κ3) is 2.87. The van der Waals surface area contributed by atoms with E-state index in [2.05, 4.69) is 17.4 Å². The van der Waals surface area contributed by atoms with Crippen molar-refractivity contribution in [2.75, 3.05) is 13.2 Å². The Labute approximate surface area is 134 Å². The maximum Gasteiger partial charge on any atom is 0.336 e. The molecule has 1 atom stereocenters. The molecule has 2 N–H and O–H groups in total. The predicted molar refractivity (Wildman–Crippen MR) is 89.5 cm³/mol. The molecule has 4 rings (SSSR count). The van der Waals surface area contributed by atoms with Gasteiger partial charge in [-0.05, 0) is 29.7 Å². The Morgan fingerprint density at radius 2 is 2.09 bits per heavy atom. The van der Waals surface area contributed by atoms with E-state index >= 15 is 0 Å². The second kappa shape index (κ2) is 6.14. The summed E-state index contributed by atoms with van der Waals surface area (Å²) in [6.45, 7) is 2.57. The Kier molecular flexibility index (Phi) is 3.85. The Morgan fingerprint density at radius 3 is 2.96 bits per heavy atom. The molecular formula is C19H20NO3+. The van der Waals surface area contributed by atoms with Crippen LogP contribution in [-0.4, -0.2) is 19.3 Å². The normalized spacial score (nSPS) is 18.0. The van der Waals surface area contributed by atoms with Gasteiger partial charge in [-0.15, -0.1) is 0 Å². The van der Waals surface area contributed by atoms with Gasteiger partial charge in [-0.3, -0.25) is 0 Å². The van der Waals surface area contributed by atoms with Gasteiger partial charge >= 0.3 is 5.63 Å². The number of hydrogen-bond donors (Lipinski definition) is 1. The summed E-state index contributed by atoms with van der Waals surface area (Å²) in [5.74, 6) is 0. The zero-order valence-corrected chi connectivity index (χ0v) is 13.0. The summed E-state index contributed by atoms with van der Waals surface area (Å²) in [7, 11) is 0. The number of quaternary nitrogens is 1. The summed E-state index contributed by atoms with van der Waals surface area (Å²) in [6.07, 6.45) is 2.64. The van der Waals surface area contributed by atoms with Crippen LogP contribution >= 0.6 is 0 Å². The van der Waals surface area contributed by atoms with E-state index in [0.29, 0.717) is 11.7 Å². The van der Waals surface area contributed by atoms with E-state index in [4.69, 9.17) is 9.15 Å². The van der Waals surface area contributed by atoms with E-state index in [1.807, 2.05) is 24.3 Å². The highest BCUT2D eigenvalue weighted by Gasteiger charge is 2.17. The molecule has 0 spiro atoms. The van der Waals surface area contributed by atoms with Gasteiger partial charge in [-0.25, -0.2) is 4.79 Å². The van der Waals surface area contributed by atoms with Crippen molar-refractivity contribution >= 4 is 21.7 Å². The molecule has 1 aliphatic rings. The van der Waals surface area contributed by atoms with Crippen molar-refractivity contribution in [1.82, 2.24) is 0 Å². The molecule has 0 saturated carbocycles. The smallest absolute Gasteiger partial charge is 0.336 e. The summed E-state index contributed by atoms with van der Waals surface area (Å²) in [4.78, 5) is 11.9. The molecule has 23 heavy (non-hydrogen) atoms. The number of fused-ring (bicyclic) bond motifs is 3. The fourth-order valence-electron chi connectivity index (χ4n) is 3.44. The Morgan fingerprint density at radius 1 is 1.17 bits per heavy atom. The zero-order valence-electron chi connectivity index (χ0n) is 13.0. The van der Waals surface area contributed by atoms with Gasteiger partial charge < -0.3 is 14.5 Å². The average Bonchev–Trinajstić information content (AvgIpc) is 3.07. The maximum absolute atomic E-state index is 11.9. The lowest BCUT2D eigenvalue weighted by molar-refractivity contribution is -0.676. The SMILES string of the molecule is O=c1cc(C[NH2+]C[C@H]2CCCO2)c2c(ccc3ccccc32)o1. The van der Waals surface area contributed by atoms with Crippen LogP contribution in [0.3, 0.4) is 0 Å². The third-order valence-corrected chi connectivity index (χ3v) is 4.53. The van der Waals surface area contributed by atoms with Crippen molar-refractivity contribution in [3.63, 3.8) is 0 Å². The Hall–Kier alpha value is -2.17. The first-order valence-corrected chi connectivity index (χ1v) is 8.19. The van der Waals surface area contributed by atoms with Gasteiger partial charge in [0.2, 0.25) is 0 Å². The second-order valence-electron chi connectivity index (χ2n) is 6.11. The van der Waals surface area contributed by atoms with Gasteiger partial charge in [-0.2, -0.15) is 0 Å². The molecule has 4 heteroatoms. The fraction of sp³-hybridized carbons (Fsp3) is 0.316. The summed E-state index contributed by atoms with van der Waals surface area (Å²) < 4.78 is 11.1. The minimum Gasteiger partial charge on any atom is -0.423 e. The van der Waals surface area contributed by atoms with Crippen LogP contribution in [0, 0.1) is 0 Å². The lowest BCUT2D eigenvalue weighted by Crippen LogP contribution is -2.84. The van der Waals surface area contributed by atoms with Crippen LogP contribution in [0.5, 0.6) is 0 Å². The molecule has 0 unspecified atom stereocenters. The average molecular weight is 310 g/mol. The molecule has 1 fully saturated rings. The number of benzene rings is 2. The number of ether oxygens (including phenoxy) is 1. The van der Waals surface area contributed by atoms with Crippen LogP contribution in [0.15, 0.2) is 51.7 Å². The van der Waals surface area contributed by atoms with Crippen LogP contribution in [0.2, 0.25) is 0 Å². The van der Waals surface area contributed by atoms with Crippen LogP contribution < -0.4 is 10.9 Å². The lowest BCUT2D eigenvalue weighted by Gasteiger charge is -2.10. The highest BCUT2D eigenvalue weighted by Crippen LogP contribution is 2.26. The van der Waals surface area contributed by atoms with Gasteiger partial charge in [0.1, 0.15) is 24.8 Å². The van der Waals surface area contributed by atoms with Crippen LogP contribution in [0.4, 0.5) is 0 Å². The lowest BCUT2D eigenvalue weighted by atomic mass is 10.0. The fourth-order valence-corrected chi connectivity index (χ4v) is 3.44. The first-order chi connectivity index (χ1) is 11.3. The van der Waals surface area contributed by atoms with Gasteiger partial charge in [0.15, 0.2) is 0 Å². The molecule has 118 valence electrons. The minimum absolute atomic E-state index is 0.284. The topological polar surface area (TPSA) is 56.0 Å².